The summed E-state index contributed by atoms with van der Waals surface area (Å²) in [6, 6.07) is 5.09. The van der Waals surface area contributed by atoms with Crippen molar-refractivity contribution in [2.24, 2.45) is 0 Å². The molecular formula is C12H11F3O. The molecule has 1 aromatic rings. The summed E-state index contributed by atoms with van der Waals surface area (Å²) >= 11 is 0. The molecule has 0 amide bonds. The van der Waals surface area contributed by atoms with Gasteiger partial charge in [0.15, 0.2) is 0 Å². The average molecular weight is 228 g/mol. The summed E-state index contributed by atoms with van der Waals surface area (Å²) in [4.78, 5) is 11.5. The average Bonchev–Trinajstić information content (AvgIpc) is 2.63. The second-order valence-corrected chi connectivity index (χ2v) is 4.03. The Morgan fingerprint density at radius 1 is 1.25 bits per heavy atom. The Labute approximate surface area is 91.3 Å². The molecule has 1 fully saturated rings. The minimum absolute atomic E-state index is 0.0549. The summed E-state index contributed by atoms with van der Waals surface area (Å²) in [5.41, 5.74) is -0.179. The zero-order chi connectivity index (χ0) is 11.8. The molecule has 0 N–H and O–H groups in total. The third-order valence-corrected chi connectivity index (χ3v) is 2.92. The first-order valence-corrected chi connectivity index (χ1v) is 5.18. The maximum atomic E-state index is 12.5. The molecule has 1 saturated carbocycles. The highest BCUT2D eigenvalue weighted by molar-refractivity contribution is 5.87. The van der Waals surface area contributed by atoms with Gasteiger partial charge in [-0.2, -0.15) is 13.2 Å². The van der Waals surface area contributed by atoms with Crippen LogP contribution in [0.5, 0.6) is 0 Å². The van der Waals surface area contributed by atoms with Gasteiger partial charge in [-0.25, -0.2) is 0 Å². The Hall–Kier alpha value is -1.32. The van der Waals surface area contributed by atoms with Crippen molar-refractivity contribution < 1.29 is 18.0 Å². The molecule has 16 heavy (non-hydrogen) atoms. The molecule has 0 unspecified atom stereocenters. The predicted molar refractivity (Wildman–Crippen MR) is 53.0 cm³/mol. The van der Waals surface area contributed by atoms with Crippen LogP contribution in [0, 0.1) is 0 Å². The Morgan fingerprint density at radius 3 is 2.56 bits per heavy atom. The summed E-state index contributed by atoms with van der Waals surface area (Å²) < 4.78 is 37.4. The van der Waals surface area contributed by atoms with Crippen LogP contribution in [0.15, 0.2) is 24.3 Å². The first kappa shape index (κ1) is 11.2. The Bertz CT molecular complexity index is 409. The molecule has 0 saturated heterocycles. The van der Waals surface area contributed by atoms with Crippen LogP contribution in [-0.4, -0.2) is 5.78 Å². The van der Waals surface area contributed by atoms with Crippen molar-refractivity contribution in [1.29, 1.82) is 0 Å². The van der Waals surface area contributed by atoms with E-state index in [4.69, 9.17) is 0 Å². The van der Waals surface area contributed by atoms with E-state index in [0.29, 0.717) is 18.4 Å². The molecule has 1 nitrogen and oxygen atoms in total. The second-order valence-electron chi connectivity index (χ2n) is 4.03. The number of hydrogen-bond acceptors (Lipinski definition) is 1. The van der Waals surface area contributed by atoms with Crippen LogP contribution in [0.4, 0.5) is 13.2 Å². The maximum Gasteiger partial charge on any atom is 0.416 e. The summed E-state index contributed by atoms with van der Waals surface area (Å²) in [5, 5.41) is 0. The Balaban J connectivity index is 2.32. The number of rotatable bonds is 1. The molecule has 2 rings (SSSR count). The molecule has 1 aliphatic rings. The number of carbonyl (C=O) groups excluding carboxylic acids is 1. The topological polar surface area (TPSA) is 17.1 Å². The van der Waals surface area contributed by atoms with E-state index in [1.165, 1.54) is 6.07 Å². The van der Waals surface area contributed by atoms with Crippen LogP contribution in [-0.2, 0) is 11.0 Å². The fourth-order valence-electron chi connectivity index (χ4n) is 2.10. The van der Waals surface area contributed by atoms with E-state index in [2.05, 4.69) is 0 Å². The fourth-order valence-corrected chi connectivity index (χ4v) is 2.10. The van der Waals surface area contributed by atoms with E-state index in [-0.39, 0.29) is 11.7 Å². The summed E-state index contributed by atoms with van der Waals surface area (Å²) in [6.45, 7) is 0. The quantitative estimate of drug-likeness (QED) is 0.718. The van der Waals surface area contributed by atoms with Crippen molar-refractivity contribution in [3.8, 4) is 0 Å². The van der Waals surface area contributed by atoms with Crippen LogP contribution < -0.4 is 0 Å². The van der Waals surface area contributed by atoms with Gasteiger partial charge in [0.05, 0.1) is 5.56 Å². The minimum Gasteiger partial charge on any atom is -0.299 e. The molecule has 0 radical (unpaired) electrons. The third-order valence-electron chi connectivity index (χ3n) is 2.92. The molecule has 1 atom stereocenters. The van der Waals surface area contributed by atoms with Gasteiger partial charge in [-0.3, -0.25) is 4.79 Å². The van der Waals surface area contributed by atoms with E-state index in [9.17, 15) is 18.0 Å². The highest BCUT2D eigenvalue weighted by Gasteiger charge is 2.32. The van der Waals surface area contributed by atoms with E-state index < -0.39 is 11.7 Å². The largest absolute Gasteiger partial charge is 0.416 e. The van der Waals surface area contributed by atoms with Crippen LogP contribution in [0.1, 0.15) is 36.3 Å². The molecule has 86 valence electrons. The van der Waals surface area contributed by atoms with Gasteiger partial charge in [0.2, 0.25) is 0 Å². The monoisotopic (exact) mass is 228 g/mol. The molecular weight excluding hydrogens is 217 g/mol. The van der Waals surface area contributed by atoms with Gasteiger partial charge < -0.3 is 0 Å². The number of Topliss-reactive ketones (excluding diaryl/α,β-unsaturated/α-hetero) is 1. The van der Waals surface area contributed by atoms with Crippen molar-refractivity contribution in [2.75, 3.05) is 0 Å². The lowest BCUT2D eigenvalue weighted by Gasteiger charge is -2.12. The highest BCUT2D eigenvalue weighted by atomic mass is 19.4. The zero-order valence-electron chi connectivity index (χ0n) is 8.55. The summed E-state index contributed by atoms with van der Waals surface area (Å²) in [6.07, 6.45) is -2.40. The minimum atomic E-state index is -4.34. The molecule has 0 aromatic heterocycles. The zero-order valence-corrected chi connectivity index (χ0v) is 8.55. The van der Waals surface area contributed by atoms with Crippen molar-refractivity contribution in [1.82, 2.24) is 0 Å². The highest BCUT2D eigenvalue weighted by Crippen LogP contribution is 2.35. The number of benzene rings is 1. The van der Waals surface area contributed by atoms with Gasteiger partial charge in [-0.15, -0.1) is 0 Å². The number of alkyl halides is 3. The molecule has 4 heteroatoms. The van der Waals surface area contributed by atoms with Gasteiger partial charge in [0, 0.05) is 12.3 Å². The lowest BCUT2D eigenvalue weighted by atomic mass is 9.95. The predicted octanol–water partition coefficient (Wildman–Crippen LogP) is 3.54. The Kier molecular flexibility index (Phi) is 2.74. The lowest BCUT2D eigenvalue weighted by molar-refractivity contribution is -0.137. The van der Waals surface area contributed by atoms with E-state index in [1.807, 2.05) is 0 Å². The van der Waals surface area contributed by atoms with Crippen LogP contribution >= 0.6 is 0 Å². The summed E-state index contributed by atoms with van der Waals surface area (Å²) in [5.74, 6) is -0.276. The standard InChI is InChI=1S/C12H11F3O/c13-12(14,15)9-4-1-3-8(7-9)10-5-2-6-11(10)16/h1,3-4,7,10H,2,5-6H2/t10-/m0/s1. The number of ketones is 1. The molecule has 0 spiro atoms. The molecule has 1 aliphatic carbocycles. The van der Waals surface area contributed by atoms with Gasteiger partial charge in [-0.1, -0.05) is 18.2 Å². The number of halogens is 3. The van der Waals surface area contributed by atoms with Crippen molar-refractivity contribution in [2.45, 2.75) is 31.4 Å². The molecule has 0 aliphatic heterocycles. The van der Waals surface area contributed by atoms with E-state index >= 15 is 0 Å². The number of hydrogen-bond donors (Lipinski definition) is 0. The Morgan fingerprint density at radius 2 is 2.00 bits per heavy atom. The normalized spacial score (nSPS) is 21.4. The van der Waals surface area contributed by atoms with Crippen molar-refractivity contribution >= 4 is 5.78 Å². The number of carbonyl (C=O) groups is 1. The molecule has 1 aromatic carbocycles. The first-order valence-electron chi connectivity index (χ1n) is 5.18. The lowest BCUT2D eigenvalue weighted by Crippen LogP contribution is -2.08. The molecule has 0 heterocycles. The van der Waals surface area contributed by atoms with Gasteiger partial charge >= 0.3 is 6.18 Å². The first-order chi connectivity index (χ1) is 7.48. The van der Waals surface area contributed by atoms with Crippen LogP contribution in [0.2, 0.25) is 0 Å². The summed E-state index contributed by atoms with van der Waals surface area (Å²) in [7, 11) is 0. The van der Waals surface area contributed by atoms with E-state index in [0.717, 1.165) is 18.6 Å². The maximum absolute atomic E-state index is 12.5. The van der Waals surface area contributed by atoms with Gasteiger partial charge in [-0.05, 0) is 24.5 Å². The third kappa shape index (κ3) is 2.10. The van der Waals surface area contributed by atoms with E-state index in [1.54, 1.807) is 6.07 Å². The van der Waals surface area contributed by atoms with Crippen LogP contribution in [0.25, 0.3) is 0 Å². The van der Waals surface area contributed by atoms with Crippen molar-refractivity contribution in [3.63, 3.8) is 0 Å². The van der Waals surface area contributed by atoms with Gasteiger partial charge in [0.25, 0.3) is 0 Å². The fraction of sp³-hybridized carbons (Fsp3) is 0.417. The van der Waals surface area contributed by atoms with Crippen LogP contribution in [0.3, 0.4) is 0 Å². The molecule has 0 bridgehead atoms. The van der Waals surface area contributed by atoms with Crippen molar-refractivity contribution in [3.05, 3.63) is 35.4 Å². The smallest absolute Gasteiger partial charge is 0.299 e. The van der Waals surface area contributed by atoms with Gasteiger partial charge in [0.1, 0.15) is 5.78 Å². The SMILES string of the molecule is O=C1CCC[C@H]1c1cccc(C(F)(F)F)c1. The second kappa shape index (κ2) is 3.92.